The third-order valence-electron chi connectivity index (χ3n) is 5.97. The molecule has 0 amide bonds. The Hall–Kier alpha value is -3.42. The first-order valence-corrected chi connectivity index (χ1v) is 11.6. The molecule has 2 aromatic heterocycles. The van der Waals surface area contributed by atoms with E-state index in [0.29, 0.717) is 11.7 Å². The highest BCUT2D eigenvalue weighted by Crippen LogP contribution is 2.40. The lowest BCUT2D eigenvalue weighted by Gasteiger charge is -2.29. The number of benzene rings is 2. The molecule has 34 heavy (non-hydrogen) atoms. The molecule has 1 saturated heterocycles. The van der Waals surface area contributed by atoms with Crippen molar-refractivity contribution >= 4 is 28.9 Å². The van der Waals surface area contributed by atoms with E-state index in [1.165, 1.54) is 6.07 Å². The molecular weight excluding hydrogens is 471 g/mol. The second kappa shape index (κ2) is 9.44. The number of hydrogen-bond acceptors (Lipinski definition) is 3. The summed E-state index contributed by atoms with van der Waals surface area (Å²) in [7, 11) is 1.65. The molecule has 172 valence electrons. The summed E-state index contributed by atoms with van der Waals surface area (Å²) in [6.07, 6.45) is 3.73. The van der Waals surface area contributed by atoms with Crippen LogP contribution >= 0.6 is 23.8 Å². The normalized spacial score (nSPS) is 17.6. The fourth-order valence-electron chi connectivity index (χ4n) is 4.33. The van der Waals surface area contributed by atoms with Crippen LogP contribution in [-0.2, 0) is 6.54 Å². The molecule has 1 N–H and O–H groups in total. The van der Waals surface area contributed by atoms with E-state index in [2.05, 4.69) is 21.3 Å². The standard InChI is InChI=1S/C26H22ClFN4OS/c1-33-19-10-7-17(8-11-19)16-32-25(24(30-26(32)34)22-5-2-3-13-29-22)23-6-4-14-31(23)18-9-12-21(28)20(27)15-18/h2-15,24-25H,16H2,1H3,(H,30,34)/t24-,25+/m0/s1. The third-order valence-corrected chi connectivity index (χ3v) is 6.62. The maximum Gasteiger partial charge on any atom is 0.170 e. The van der Waals surface area contributed by atoms with Crippen LogP contribution in [0.1, 0.15) is 29.0 Å². The van der Waals surface area contributed by atoms with Crippen LogP contribution in [-0.4, -0.2) is 26.7 Å². The largest absolute Gasteiger partial charge is 0.497 e. The van der Waals surface area contributed by atoms with Gasteiger partial charge in [0.2, 0.25) is 0 Å². The molecule has 2 atom stereocenters. The summed E-state index contributed by atoms with van der Waals surface area (Å²) < 4.78 is 21.2. The predicted octanol–water partition coefficient (Wildman–Crippen LogP) is 5.85. The molecule has 0 unspecified atom stereocenters. The van der Waals surface area contributed by atoms with Gasteiger partial charge in [-0.15, -0.1) is 0 Å². The van der Waals surface area contributed by atoms with Crippen LogP contribution in [0.5, 0.6) is 5.75 Å². The van der Waals surface area contributed by atoms with Gasteiger partial charge in [-0.25, -0.2) is 4.39 Å². The molecule has 5 rings (SSSR count). The van der Waals surface area contributed by atoms with Crippen molar-refractivity contribution < 1.29 is 9.13 Å². The quantitative estimate of drug-likeness (QED) is 0.342. The van der Waals surface area contributed by atoms with E-state index in [4.69, 9.17) is 28.6 Å². The number of pyridine rings is 1. The van der Waals surface area contributed by atoms with Gasteiger partial charge in [0.1, 0.15) is 11.6 Å². The summed E-state index contributed by atoms with van der Waals surface area (Å²) >= 11 is 11.9. The number of rotatable bonds is 6. The van der Waals surface area contributed by atoms with Crippen LogP contribution in [0.15, 0.2) is 85.2 Å². The number of halogens is 2. The molecule has 0 bridgehead atoms. The van der Waals surface area contributed by atoms with Crippen molar-refractivity contribution in [3.8, 4) is 11.4 Å². The minimum atomic E-state index is -0.449. The van der Waals surface area contributed by atoms with E-state index < -0.39 is 5.82 Å². The average molecular weight is 493 g/mol. The molecule has 1 aliphatic heterocycles. The molecule has 2 aromatic carbocycles. The zero-order chi connectivity index (χ0) is 23.7. The highest BCUT2D eigenvalue weighted by atomic mass is 35.5. The van der Waals surface area contributed by atoms with Gasteiger partial charge in [-0.3, -0.25) is 4.98 Å². The summed E-state index contributed by atoms with van der Waals surface area (Å²) in [5, 5.41) is 4.19. The summed E-state index contributed by atoms with van der Waals surface area (Å²) in [4.78, 5) is 6.76. The van der Waals surface area contributed by atoms with Gasteiger partial charge in [-0.05, 0) is 72.4 Å². The Labute approximate surface area is 207 Å². The Balaban J connectivity index is 1.58. The monoisotopic (exact) mass is 492 g/mol. The SMILES string of the molecule is COc1ccc(CN2C(=S)N[C@@H](c3ccccn3)[C@H]2c2cccn2-c2ccc(F)c(Cl)c2)cc1. The molecule has 1 aliphatic rings. The highest BCUT2D eigenvalue weighted by Gasteiger charge is 2.41. The van der Waals surface area contributed by atoms with Crippen LogP contribution in [0, 0.1) is 5.82 Å². The second-order valence-corrected chi connectivity index (χ2v) is 8.80. The molecule has 0 radical (unpaired) electrons. The fraction of sp³-hybridized carbons (Fsp3) is 0.154. The molecule has 8 heteroatoms. The first kappa shape index (κ1) is 22.4. The maximum absolute atomic E-state index is 13.8. The lowest BCUT2D eigenvalue weighted by Crippen LogP contribution is -2.30. The summed E-state index contributed by atoms with van der Waals surface area (Å²) in [6.45, 7) is 0.596. The molecule has 5 nitrogen and oxygen atoms in total. The van der Waals surface area contributed by atoms with Gasteiger partial charge in [0.25, 0.3) is 0 Å². The smallest absolute Gasteiger partial charge is 0.170 e. The van der Waals surface area contributed by atoms with Crippen LogP contribution in [0.2, 0.25) is 5.02 Å². The van der Waals surface area contributed by atoms with E-state index in [1.54, 1.807) is 25.4 Å². The van der Waals surface area contributed by atoms with Gasteiger partial charge in [-0.1, -0.05) is 29.8 Å². The minimum absolute atomic E-state index is 0.0774. The van der Waals surface area contributed by atoms with E-state index in [0.717, 1.165) is 28.4 Å². The molecule has 0 aliphatic carbocycles. The number of aromatic nitrogens is 2. The van der Waals surface area contributed by atoms with Crippen molar-refractivity contribution in [2.75, 3.05) is 7.11 Å². The van der Waals surface area contributed by atoms with Gasteiger partial charge in [0.15, 0.2) is 5.11 Å². The van der Waals surface area contributed by atoms with Gasteiger partial charge < -0.3 is 19.5 Å². The zero-order valence-corrected chi connectivity index (χ0v) is 19.9. The summed E-state index contributed by atoms with van der Waals surface area (Å²) in [5.41, 5.74) is 3.74. The molecule has 0 spiro atoms. The van der Waals surface area contributed by atoms with Crippen molar-refractivity contribution in [1.82, 2.24) is 19.8 Å². The first-order valence-electron chi connectivity index (χ1n) is 10.8. The first-order chi connectivity index (χ1) is 16.5. The van der Waals surface area contributed by atoms with E-state index in [9.17, 15) is 4.39 Å². The third kappa shape index (κ3) is 4.24. The molecule has 1 fully saturated rings. The average Bonchev–Trinajstić information content (AvgIpc) is 3.46. The summed E-state index contributed by atoms with van der Waals surface area (Å²) in [6, 6.07) is 22.2. The van der Waals surface area contributed by atoms with Crippen molar-refractivity contribution in [1.29, 1.82) is 0 Å². The number of ether oxygens (including phenoxy) is 1. The van der Waals surface area contributed by atoms with E-state index in [1.807, 2.05) is 59.3 Å². The van der Waals surface area contributed by atoms with Crippen LogP contribution in [0.3, 0.4) is 0 Å². The second-order valence-electron chi connectivity index (χ2n) is 8.00. The minimum Gasteiger partial charge on any atom is -0.497 e. The molecule has 4 aromatic rings. The molecule has 3 heterocycles. The fourth-order valence-corrected chi connectivity index (χ4v) is 4.81. The van der Waals surface area contributed by atoms with Crippen molar-refractivity contribution in [2.24, 2.45) is 0 Å². The Morgan fingerprint density at radius 1 is 1.09 bits per heavy atom. The Kier molecular flexibility index (Phi) is 6.22. The van der Waals surface area contributed by atoms with Crippen LogP contribution in [0.4, 0.5) is 4.39 Å². The lowest BCUT2D eigenvalue weighted by atomic mass is 10.0. The summed E-state index contributed by atoms with van der Waals surface area (Å²) in [5.74, 6) is 0.353. The Morgan fingerprint density at radius 2 is 1.91 bits per heavy atom. The van der Waals surface area contributed by atoms with E-state index in [-0.39, 0.29) is 17.1 Å². The number of nitrogens with zero attached hydrogens (tertiary/aromatic N) is 3. The predicted molar refractivity (Wildman–Crippen MR) is 135 cm³/mol. The van der Waals surface area contributed by atoms with Crippen molar-refractivity contribution in [3.63, 3.8) is 0 Å². The number of hydrogen-bond donors (Lipinski definition) is 1. The van der Waals surface area contributed by atoms with Crippen LogP contribution < -0.4 is 10.1 Å². The van der Waals surface area contributed by atoms with Crippen molar-refractivity contribution in [3.05, 3.63) is 113 Å². The van der Waals surface area contributed by atoms with Gasteiger partial charge in [0, 0.05) is 30.3 Å². The molecule has 0 saturated carbocycles. The highest BCUT2D eigenvalue weighted by molar-refractivity contribution is 7.80. The van der Waals surface area contributed by atoms with Gasteiger partial charge >= 0.3 is 0 Å². The van der Waals surface area contributed by atoms with Gasteiger partial charge in [-0.2, -0.15) is 0 Å². The van der Waals surface area contributed by atoms with Gasteiger partial charge in [0.05, 0.1) is 29.9 Å². The zero-order valence-electron chi connectivity index (χ0n) is 18.4. The number of methoxy groups -OCH3 is 1. The topological polar surface area (TPSA) is 42.3 Å². The maximum atomic E-state index is 13.8. The molecular formula is C26H22ClFN4OS. The van der Waals surface area contributed by atoms with Crippen molar-refractivity contribution in [2.45, 2.75) is 18.6 Å². The number of thiocarbonyl (C=S) groups is 1. The Bertz CT molecular complexity index is 1310. The van der Waals surface area contributed by atoms with E-state index >= 15 is 0 Å². The Morgan fingerprint density at radius 3 is 2.62 bits per heavy atom. The number of nitrogens with one attached hydrogen (secondary N) is 1. The van der Waals surface area contributed by atoms with Crippen LogP contribution in [0.25, 0.3) is 5.69 Å². The lowest BCUT2D eigenvalue weighted by molar-refractivity contribution is 0.302.